The molecule has 2 aromatic rings. The van der Waals surface area contributed by atoms with Crippen LogP contribution < -0.4 is 47.3 Å². The maximum Gasteiger partial charge on any atom is 0.409 e. The highest BCUT2D eigenvalue weighted by Crippen LogP contribution is 2.49. The molecule has 3 heterocycles. The van der Waals surface area contributed by atoms with Crippen LogP contribution in [0.3, 0.4) is 0 Å². The van der Waals surface area contributed by atoms with Crippen LogP contribution in [-0.4, -0.2) is 182 Å². The molecule has 2 aromatic carbocycles. The van der Waals surface area contributed by atoms with Crippen molar-refractivity contribution in [3.63, 3.8) is 0 Å². The molecule has 0 spiro atoms. The lowest BCUT2D eigenvalue weighted by Gasteiger charge is -2.42. The van der Waals surface area contributed by atoms with Crippen LogP contribution >= 0.6 is 55.1 Å². The van der Waals surface area contributed by atoms with Crippen LogP contribution in [0, 0.1) is 11.8 Å². The van der Waals surface area contributed by atoms with Crippen molar-refractivity contribution in [2.24, 2.45) is 17.6 Å². The number of rotatable bonds is 27. The highest BCUT2D eigenvalue weighted by atomic mass is 79.9. The lowest BCUT2D eigenvalue weighted by atomic mass is 9.83. The van der Waals surface area contributed by atoms with Gasteiger partial charge in [0, 0.05) is 56.4 Å². The van der Waals surface area contributed by atoms with E-state index in [0.717, 1.165) is 28.6 Å². The number of hydrogen-bond acceptors (Lipinski definition) is 17. The third-order valence-electron chi connectivity index (χ3n) is 16.1. The van der Waals surface area contributed by atoms with Gasteiger partial charge in [0.25, 0.3) is 5.91 Å². The van der Waals surface area contributed by atoms with Crippen LogP contribution in [0.5, 0.6) is 5.75 Å². The number of likely N-dealkylation sites (N-methyl/N-ethyl adjacent to an activating group) is 1. The molecule has 24 nitrogen and oxygen atoms in total. The van der Waals surface area contributed by atoms with E-state index in [4.69, 9.17) is 52.6 Å². The summed E-state index contributed by atoms with van der Waals surface area (Å²) < 4.78 is 29.6. The normalized spacial score (nSPS) is 24.5. The molecule has 3 aliphatic rings. The van der Waals surface area contributed by atoms with Gasteiger partial charge in [0.2, 0.25) is 17.7 Å². The van der Waals surface area contributed by atoms with Crippen LogP contribution in [0.15, 0.2) is 54.1 Å². The molecule has 2 fully saturated rings. The van der Waals surface area contributed by atoms with Crippen molar-refractivity contribution in [3.05, 3.63) is 75.3 Å². The molecule has 0 saturated carbocycles. The lowest BCUT2D eigenvalue weighted by molar-refractivity contribution is -0.158. The van der Waals surface area contributed by atoms with Crippen molar-refractivity contribution in [3.8, 4) is 5.75 Å². The minimum absolute atomic E-state index is 0.0398. The fourth-order valence-corrected chi connectivity index (χ4v) is 12.6. The quantitative estimate of drug-likeness (QED) is 0.0167. The van der Waals surface area contributed by atoms with Crippen molar-refractivity contribution >= 4 is 121 Å². The summed E-state index contributed by atoms with van der Waals surface area (Å²) in [5, 5.41) is 29.6. The van der Waals surface area contributed by atoms with Gasteiger partial charge in [0.15, 0.2) is 5.72 Å². The molecule has 4 bridgehead atoms. The molecule has 9 N–H and O–H groups in total. The van der Waals surface area contributed by atoms with Gasteiger partial charge in [-0.05, 0) is 101 Å². The fourth-order valence-electron chi connectivity index (χ4n) is 10.5. The number of anilines is 2. The van der Waals surface area contributed by atoms with Crippen LogP contribution in [-0.2, 0) is 54.1 Å². The standard InChI is InChI=1S/C60H83Br2Cl2N9O15/c1-33(2)50(68-39(29-74)16-11-12-22-67-59(30-61,31-62)32-75)53(78)70-42(17-14-21-66-56(65)81)52(77)69-38-19-20-40(41(63)26-38)54(79)72(7)36(5)55(80)87-47-27-48(76)73(8)43-24-37(25-44(84-9)49(43)64)23-34(3)15-13-18-46(85-10)60(83)28-45(86-57(82)71-60)35(4)51-58(47,6)88-51/h13,15,18-20,24-26,29,32-33,35-36,39,42,45-47,50-51,67-68,83H,11-12,14,16-17,21-23,27-28,30-31H2,1-10H3,(H,69,77)(H,70,78)(H,71,82)(H3,65,66,81)/b18-13+,34-15+/t35-,36+,39?,42+,45+,46-,47+,50+,51+,58+,60+/m1/s1. The number of primary amides is 1. The number of methoxy groups -OCH3 is 2. The first kappa shape index (κ1) is 73.0. The summed E-state index contributed by atoms with van der Waals surface area (Å²) in [5.41, 5.74) is 3.17. The number of esters is 1. The van der Waals surface area contributed by atoms with E-state index in [1.54, 1.807) is 52.0 Å². The summed E-state index contributed by atoms with van der Waals surface area (Å²) in [6, 6.07) is 2.67. The maximum atomic E-state index is 14.5. The Morgan fingerprint density at radius 3 is 2.34 bits per heavy atom. The number of ether oxygens (including phenoxy) is 5. The molecule has 88 heavy (non-hydrogen) atoms. The smallest absolute Gasteiger partial charge is 0.409 e. The Labute approximate surface area is 540 Å². The first-order valence-electron chi connectivity index (χ1n) is 28.9. The molecule has 0 radical (unpaired) electrons. The molecule has 28 heteroatoms. The number of amides is 7. The largest absolute Gasteiger partial charge is 0.495 e. The predicted molar refractivity (Wildman–Crippen MR) is 339 cm³/mol. The first-order chi connectivity index (χ1) is 41.5. The first-order valence-corrected chi connectivity index (χ1v) is 31.9. The van der Waals surface area contributed by atoms with Crippen molar-refractivity contribution in [2.45, 2.75) is 158 Å². The van der Waals surface area contributed by atoms with Gasteiger partial charge < -0.3 is 75.2 Å². The minimum Gasteiger partial charge on any atom is -0.495 e. The molecule has 3 aliphatic heterocycles. The number of carbonyl (C=O) groups excluding carboxylic acids is 9. The molecule has 2 saturated heterocycles. The van der Waals surface area contributed by atoms with E-state index in [2.05, 4.69) is 63.8 Å². The fraction of sp³-hybridized carbons (Fsp3) is 0.583. The molecule has 5 rings (SSSR count). The molecule has 7 amide bonds. The summed E-state index contributed by atoms with van der Waals surface area (Å²) in [6.45, 7) is 10.9. The zero-order valence-corrected chi connectivity index (χ0v) is 55.9. The second-order valence-corrected chi connectivity index (χ2v) is 25.0. The van der Waals surface area contributed by atoms with Gasteiger partial charge >= 0.3 is 18.1 Å². The summed E-state index contributed by atoms with van der Waals surface area (Å²) in [4.78, 5) is 122. The number of halogens is 4. The van der Waals surface area contributed by atoms with Crippen molar-refractivity contribution in [1.82, 2.24) is 31.5 Å². The topological polar surface area (TPSA) is 328 Å². The summed E-state index contributed by atoms with van der Waals surface area (Å²) in [7, 11) is 5.72. The van der Waals surface area contributed by atoms with E-state index in [1.165, 1.54) is 58.3 Å². The van der Waals surface area contributed by atoms with Crippen molar-refractivity contribution in [2.75, 3.05) is 62.3 Å². The number of urea groups is 1. The highest BCUT2D eigenvalue weighted by molar-refractivity contribution is 9.10. The third-order valence-corrected chi connectivity index (χ3v) is 18.8. The summed E-state index contributed by atoms with van der Waals surface area (Å²) in [6.07, 6.45) is 3.36. The van der Waals surface area contributed by atoms with E-state index in [0.29, 0.717) is 54.3 Å². The Kier molecular flexibility index (Phi) is 27.3. The average Bonchev–Trinajstić information content (AvgIpc) is 1.58. The average molecular weight is 1400 g/mol. The van der Waals surface area contributed by atoms with E-state index < -0.39 is 120 Å². The molecule has 1 unspecified atom stereocenters. The molecular formula is C60H83Br2Cl2N9O15. The van der Waals surface area contributed by atoms with Gasteiger partial charge in [-0.3, -0.25) is 29.8 Å². The van der Waals surface area contributed by atoms with Crippen LogP contribution in [0.25, 0.3) is 0 Å². The minimum atomic E-state index is -1.92. The number of allylic oxidation sites excluding steroid dienone is 3. The number of nitrogens with two attached hydrogens (primary N) is 1. The van der Waals surface area contributed by atoms with Gasteiger partial charge in [-0.15, -0.1) is 0 Å². The number of benzene rings is 2. The second-order valence-electron chi connectivity index (χ2n) is 23.1. The number of alkyl halides is 2. The Bertz CT molecular complexity index is 2920. The van der Waals surface area contributed by atoms with Gasteiger partial charge in [-0.1, -0.05) is 106 Å². The highest BCUT2D eigenvalue weighted by Gasteiger charge is 2.64. The molecular weight excluding hydrogens is 1320 g/mol. The second kappa shape index (κ2) is 32.9. The van der Waals surface area contributed by atoms with Gasteiger partial charge in [-0.25, -0.2) is 14.4 Å². The van der Waals surface area contributed by atoms with Gasteiger partial charge in [0.05, 0.1) is 53.5 Å². The third kappa shape index (κ3) is 18.9. The molecule has 486 valence electrons. The number of hydrogen-bond donors (Lipinski definition) is 8. The number of carbonyl (C=O) groups is 9. The number of nitrogens with one attached hydrogen (secondary N) is 6. The molecule has 0 aromatic heterocycles. The predicted octanol–water partition coefficient (Wildman–Crippen LogP) is 6.02. The number of epoxide rings is 1. The Hall–Kier alpha value is -5.71. The van der Waals surface area contributed by atoms with Crippen LogP contribution in [0.2, 0.25) is 10.0 Å². The zero-order chi connectivity index (χ0) is 65.4. The molecule has 11 atom stereocenters. The number of unbranched alkanes of at least 4 members (excludes halogenated alkanes) is 1. The number of aldehydes is 2. The van der Waals surface area contributed by atoms with Gasteiger partial charge in [0.1, 0.15) is 59.3 Å². The summed E-state index contributed by atoms with van der Waals surface area (Å²) >= 11 is 20.3. The monoisotopic (exact) mass is 1400 g/mol. The number of aliphatic hydroxyl groups is 1. The molecule has 0 aliphatic carbocycles. The Balaban J connectivity index is 1.34. The van der Waals surface area contributed by atoms with E-state index in [-0.39, 0.29) is 53.0 Å². The number of nitrogens with zero attached hydrogens (tertiary/aromatic N) is 2. The van der Waals surface area contributed by atoms with Crippen molar-refractivity contribution < 1.29 is 71.9 Å². The Morgan fingerprint density at radius 1 is 1.02 bits per heavy atom. The lowest BCUT2D eigenvalue weighted by Crippen LogP contribution is -2.63. The van der Waals surface area contributed by atoms with Gasteiger partial charge in [-0.2, -0.15) is 0 Å². The SMILES string of the molecule is COc1cc2cc(c1Cl)N(C)C(=O)C[C@H](OC(=O)[C@H](C)N(C)C(=O)c1ccc(NC(=O)[C@H](CCCNC(N)=O)NC(=O)[C@@H](NC(C=O)CCCCNC(C=O)(CBr)CBr)C(C)C)cc1Cl)[C@]1(C)O[C@H]1[C@H](C)[C@@H]1C[C@@](O)(NC(=O)O1)[C@H](OC)/C=C/C=C(\C)C2. The number of alkyl carbamates (subject to hydrolysis) is 1. The Morgan fingerprint density at radius 2 is 1.73 bits per heavy atom. The zero-order valence-electron chi connectivity index (χ0n) is 51.2. The summed E-state index contributed by atoms with van der Waals surface area (Å²) in [5.74, 6) is -4.12. The van der Waals surface area contributed by atoms with E-state index in [9.17, 15) is 48.3 Å². The van der Waals surface area contributed by atoms with E-state index >= 15 is 0 Å². The maximum absolute atomic E-state index is 14.5. The van der Waals surface area contributed by atoms with E-state index in [1.807, 2.05) is 13.0 Å². The van der Waals surface area contributed by atoms with Crippen LogP contribution in [0.1, 0.15) is 102 Å². The van der Waals surface area contributed by atoms with Crippen LogP contribution in [0.4, 0.5) is 21.0 Å². The number of fused-ring (bicyclic) bond motifs is 5. The van der Waals surface area contributed by atoms with Crippen molar-refractivity contribution in [1.29, 1.82) is 0 Å².